The Hall–Kier alpha value is -2.69. The summed E-state index contributed by atoms with van der Waals surface area (Å²) in [6.45, 7) is 7.52. The third-order valence-corrected chi connectivity index (χ3v) is 4.33. The molecule has 1 atom stereocenters. The van der Waals surface area contributed by atoms with Gasteiger partial charge in [0, 0.05) is 24.1 Å². The largest absolute Gasteiger partial charge is 0.494 e. The van der Waals surface area contributed by atoms with E-state index in [1.165, 1.54) is 0 Å². The van der Waals surface area contributed by atoms with Crippen molar-refractivity contribution in [2.75, 3.05) is 25.1 Å². The predicted octanol–water partition coefficient (Wildman–Crippen LogP) is 4.36. The van der Waals surface area contributed by atoms with Gasteiger partial charge >= 0.3 is 0 Å². The minimum absolute atomic E-state index is 0.00378. The number of ether oxygens (including phenoxy) is 3. The zero-order chi connectivity index (χ0) is 18.5. The van der Waals surface area contributed by atoms with Gasteiger partial charge in [0.1, 0.15) is 5.75 Å². The molecule has 3 rings (SSSR count). The van der Waals surface area contributed by atoms with Crippen molar-refractivity contribution in [2.45, 2.75) is 33.1 Å². The fourth-order valence-corrected chi connectivity index (χ4v) is 3.29. The van der Waals surface area contributed by atoms with Crippen molar-refractivity contribution in [3.8, 4) is 17.2 Å². The molecule has 2 aromatic rings. The maximum Gasteiger partial charge on any atom is 0.225 e. The first-order valence-corrected chi connectivity index (χ1v) is 9.12. The van der Waals surface area contributed by atoms with Gasteiger partial charge in [0.05, 0.1) is 19.8 Å². The van der Waals surface area contributed by atoms with Crippen LogP contribution in [0.3, 0.4) is 0 Å². The van der Waals surface area contributed by atoms with Gasteiger partial charge < -0.3 is 19.5 Å². The molecule has 2 aromatic carbocycles. The summed E-state index contributed by atoms with van der Waals surface area (Å²) in [5.41, 5.74) is 2.86. The third-order valence-electron chi connectivity index (χ3n) is 4.33. The van der Waals surface area contributed by atoms with Gasteiger partial charge in [-0.2, -0.15) is 0 Å². The van der Waals surface area contributed by atoms with Crippen LogP contribution in [0, 0.1) is 0 Å². The second-order valence-corrected chi connectivity index (χ2v) is 6.06. The van der Waals surface area contributed by atoms with Gasteiger partial charge in [0.15, 0.2) is 11.5 Å². The summed E-state index contributed by atoms with van der Waals surface area (Å²) in [6, 6.07) is 11.8. The Bertz CT molecular complexity index is 788. The Kier molecular flexibility index (Phi) is 5.66. The number of nitrogens with one attached hydrogen (secondary N) is 1. The van der Waals surface area contributed by atoms with E-state index in [0.717, 1.165) is 22.6 Å². The number of hydrogen-bond donors (Lipinski definition) is 1. The van der Waals surface area contributed by atoms with Crippen molar-refractivity contribution < 1.29 is 19.0 Å². The van der Waals surface area contributed by atoms with Crippen LogP contribution in [0.15, 0.2) is 36.4 Å². The van der Waals surface area contributed by atoms with Crippen LogP contribution in [0.1, 0.15) is 44.2 Å². The monoisotopic (exact) mass is 355 g/mol. The van der Waals surface area contributed by atoms with Crippen LogP contribution < -0.4 is 19.5 Å². The number of hydrogen-bond acceptors (Lipinski definition) is 4. The van der Waals surface area contributed by atoms with Gasteiger partial charge in [-0.15, -0.1) is 0 Å². The van der Waals surface area contributed by atoms with Crippen LogP contribution in [0.4, 0.5) is 5.69 Å². The number of carbonyl (C=O) groups is 1. The number of carbonyl (C=O) groups excluding carboxylic acids is 1. The summed E-state index contributed by atoms with van der Waals surface area (Å²) in [4.78, 5) is 12.3. The van der Waals surface area contributed by atoms with Gasteiger partial charge in [-0.05, 0) is 50.1 Å². The standard InChI is InChI=1S/C21H25NO4/c1-4-24-15-9-7-8-14(10-15)16-12-21(23)22-18-13-20(26-6-3)19(25-5-2)11-17(16)18/h7-11,13,16H,4-6,12H2,1-3H3,(H,22,23). The van der Waals surface area contributed by atoms with Crippen molar-refractivity contribution in [3.05, 3.63) is 47.5 Å². The highest BCUT2D eigenvalue weighted by Gasteiger charge is 2.28. The van der Waals surface area contributed by atoms with E-state index in [9.17, 15) is 4.79 Å². The molecule has 0 radical (unpaired) electrons. The molecule has 5 nitrogen and oxygen atoms in total. The normalized spacial score (nSPS) is 15.8. The number of fused-ring (bicyclic) bond motifs is 1. The lowest BCUT2D eigenvalue weighted by molar-refractivity contribution is -0.116. The molecule has 0 aromatic heterocycles. The Morgan fingerprint density at radius 1 is 0.962 bits per heavy atom. The van der Waals surface area contributed by atoms with Crippen molar-refractivity contribution in [3.63, 3.8) is 0 Å². The first kappa shape index (κ1) is 18.1. The molecule has 1 aliphatic heterocycles. The van der Waals surface area contributed by atoms with Crippen molar-refractivity contribution in [1.29, 1.82) is 0 Å². The maximum atomic E-state index is 12.3. The number of amides is 1. The van der Waals surface area contributed by atoms with Gasteiger partial charge in [0.2, 0.25) is 5.91 Å². The predicted molar refractivity (Wildman–Crippen MR) is 101 cm³/mol. The van der Waals surface area contributed by atoms with Crippen molar-refractivity contribution in [2.24, 2.45) is 0 Å². The van der Waals surface area contributed by atoms with E-state index in [1.807, 2.05) is 57.2 Å². The van der Waals surface area contributed by atoms with Crippen LogP contribution in [-0.2, 0) is 4.79 Å². The van der Waals surface area contributed by atoms with Crippen LogP contribution in [0.5, 0.6) is 17.2 Å². The van der Waals surface area contributed by atoms with Crippen molar-refractivity contribution in [1.82, 2.24) is 0 Å². The Balaban J connectivity index is 2.06. The van der Waals surface area contributed by atoms with E-state index in [1.54, 1.807) is 0 Å². The summed E-state index contributed by atoms with van der Waals surface area (Å²) in [6.07, 6.45) is 0.391. The summed E-state index contributed by atoms with van der Waals surface area (Å²) >= 11 is 0. The van der Waals surface area contributed by atoms with Gasteiger partial charge in [-0.1, -0.05) is 12.1 Å². The molecule has 0 spiro atoms. The zero-order valence-electron chi connectivity index (χ0n) is 15.5. The first-order chi connectivity index (χ1) is 12.7. The van der Waals surface area contributed by atoms with Gasteiger partial charge in [-0.3, -0.25) is 4.79 Å². The molecule has 1 unspecified atom stereocenters. The van der Waals surface area contributed by atoms with Crippen LogP contribution in [0.25, 0.3) is 0 Å². The fourth-order valence-electron chi connectivity index (χ4n) is 3.29. The molecule has 1 N–H and O–H groups in total. The third kappa shape index (κ3) is 3.77. The Labute approximate surface area is 154 Å². The second kappa shape index (κ2) is 8.13. The molecular weight excluding hydrogens is 330 g/mol. The quantitative estimate of drug-likeness (QED) is 0.802. The highest BCUT2D eigenvalue weighted by molar-refractivity contribution is 5.96. The molecule has 1 amide bonds. The zero-order valence-corrected chi connectivity index (χ0v) is 15.5. The maximum absolute atomic E-state index is 12.3. The highest BCUT2D eigenvalue weighted by Crippen LogP contribution is 2.43. The number of anilines is 1. The molecule has 0 saturated carbocycles. The molecule has 1 aliphatic rings. The second-order valence-electron chi connectivity index (χ2n) is 6.06. The Morgan fingerprint density at radius 2 is 1.65 bits per heavy atom. The molecule has 26 heavy (non-hydrogen) atoms. The lowest BCUT2D eigenvalue weighted by Crippen LogP contribution is -2.23. The van der Waals surface area contributed by atoms with Crippen LogP contribution in [0.2, 0.25) is 0 Å². The molecule has 5 heteroatoms. The van der Waals surface area contributed by atoms with E-state index in [0.29, 0.717) is 37.7 Å². The van der Waals surface area contributed by atoms with E-state index >= 15 is 0 Å². The minimum atomic E-state index is -0.0472. The van der Waals surface area contributed by atoms with Gasteiger partial charge in [0.25, 0.3) is 0 Å². The lowest BCUT2D eigenvalue weighted by Gasteiger charge is -2.28. The van der Waals surface area contributed by atoms with Crippen molar-refractivity contribution >= 4 is 11.6 Å². The van der Waals surface area contributed by atoms with E-state index in [-0.39, 0.29) is 11.8 Å². The molecular formula is C21H25NO4. The first-order valence-electron chi connectivity index (χ1n) is 9.12. The summed E-state index contributed by atoms with van der Waals surface area (Å²) in [7, 11) is 0. The average Bonchev–Trinajstić information content (AvgIpc) is 2.63. The fraction of sp³-hybridized carbons (Fsp3) is 0.381. The average molecular weight is 355 g/mol. The van der Waals surface area contributed by atoms with E-state index < -0.39 is 0 Å². The minimum Gasteiger partial charge on any atom is -0.494 e. The Morgan fingerprint density at radius 3 is 2.35 bits per heavy atom. The van der Waals surface area contributed by atoms with E-state index in [2.05, 4.69) is 5.32 Å². The number of rotatable bonds is 7. The molecule has 0 saturated heterocycles. The highest BCUT2D eigenvalue weighted by atomic mass is 16.5. The van der Waals surface area contributed by atoms with E-state index in [4.69, 9.17) is 14.2 Å². The molecule has 1 heterocycles. The topological polar surface area (TPSA) is 56.8 Å². The van der Waals surface area contributed by atoms with Crippen LogP contribution >= 0.6 is 0 Å². The summed E-state index contributed by atoms with van der Waals surface area (Å²) in [5, 5.41) is 2.96. The molecule has 138 valence electrons. The summed E-state index contributed by atoms with van der Waals surface area (Å²) in [5.74, 6) is 2.12. The van der Waals surface area contributed by atoms with Gasteiger partial charge in [-0.25, -0.2) is 0 Å². The molecule has 0 fully saturated rings. The van der Waals surface area contributed by atoms with Crippen LogP contribution in [-0.4, -0.2) is 25.7 Å². The summed E-state index contributed by atoms with van der Waals surface area (Å²) < 4.78 is 17.1. The molecule has 0 aliphatic carbocycles. The lowest BCUT2D eigenvalue weighted by atomic mass is 9.84. The number of benzene rings is 2. The molecule has 0 bridgehead atoms. The smallest absolute Gasteiger partial charge is 0.225 e. The SMILES string of the molecule is CCOc1cccc(C2CC(=O)Nc3cc(OCC)c(OCC)cc32)c1.